The van der Waals surface area contributed by atoms with Crippen molar-refractivity contribution in [3.63, 3.8) is 0 Å². The molecule has 2 rings (SSSR count). The molecule has 0 spiro atoms. The van der Waals surface area contributed by atoms with Gasteiger partial charge in [-0.25, -0.2) is 4.68 Å². The predicted octanol–water partition coefficient (Wildman–Crippen LogP) is 2.99. The molecule has 7 heteroatoms. The molecular weight excluding hydrogens is 270 g/mol. The fourth-order valence-electron chi connectivity index (χ4n) is 1.39. The van der Waals surface area contributed by atoms with Crippen molar-refractivity contribution >= 4 is 23.4 Å². The topological polar surface area (TPSA) is 56.5 Å². The van der Waals surface area contributed by atoms with Crippen molar-refractivity contribution in [3.8, 4) is 5.95 Å². The molecule has 0 bridgehead atoms. The van der Waals surface area contributed by atoms with Crippen molar-refractivity contribution in [2.45, 2.75) is 31.3 Å². The predicted molar refractivity (Wildman–Crippen MR) is 72.2 cm³/mol. The van der Waals surface area contributed by atoms with Crippen LogP contribution in [-0.4, -0.2) is 30.5 Å². The van der Waals surface area contributed by atoms with Gasteiger partial charge >= 0.3 is 0 Å². The highest BCUT2D eigenvalue weighted by Gasteiger charge is 2.07. The normalized spacial score (nSPS) is 10.8. The van der Waals surface area contributed by atoms with Gasteiger partial charge in [-0.3, -0.25) is 0 Å². The Morgan fingerprint density at radius 3 is 2.89 bits per heavy atom. The lowest BCUT2D eigenvalue weighted by atomic mass is 10.3. The zero-order valence-corrected chi connectivity index (χ0v) is 11.7. The van der Waals surface area contributed by atoms with E-state index in [2.05, 4.69) is 27.0 Å². The summed E-state index contributed by atoms with van der Waals surface area (Å²) >= 11 is 7.49. The Kier molecular flexibility index (Phi) is 4.95. The molecular formula is C11H14ClN5S. The SMILES string of the molecule is CCCCCSc1nc(Cl)nc(-n2cccn2)n1. The van der Waals surface area contributed by atoms with E-state index in [0.29, 0.717) is 11.1 Å². The number of nitrogens with zero attached hydrogens (tertiary/aromatic N) is 5. The smallest absolute Gasteiger partial charge is 0.206 e. The summed E-state index contributed by atoms with van der Waals surface area (Å²) in [6.07, 6.45) is 7.03. The monoisotopic (exact) mass is 283 g/mol. The molecule has 0 radical (unpaired) electrons. The van der Waals surface area contributed by atoms with Gasteiger partial charge in [0.1, 0.15) is 0 Å². The van der Waals surface area contributed by atoms with Crippen molar-refractivity contribution < 1.29 is 0 Å². The summed E-state index contributed by atoms with van der Waals surface area (Å²) in [7, 11) is 0. The summed E-state index contributed by atoms with van der Waals surface area (Å²) in [5.74, 6) is 1.45. The second kappa shape index (κ2) is 6.70. The second-order valence-electron chi connectivity index (χ2n) is 3.69. The van der Waals surface area contributed by atoms with Crippen molar-refractivity contribution in [2.24, 2.45) is 0 Å². The van der Waals surface area contributed by atoms with Crippen LogP contribution in [0.15, 0.2) is 23.6 Å². The number of thioether (sulfide) groups is 1. The summed E-state index contributed by atoms with van der Waals surface area (Å²) in [6, 6.07) is 1.81. The highest BCUT2D eigenvalue weighted by molar-refractivity contribution is 7.99. The minimum atomic E-state index is 0.202. The van der Waals surface area contributed by atoms with Crippen LogP contribution in [0.4, 0.5) is 0 Å². The van der Waals surface area contributed by atoms with Crippen molar-refractivity contribution in [2.75, 3.05) is 5.75 Å². The summed E-state index contributed by atoms with van der Waals surface area (Å²) in [5, 5.41) is 4.93. The fourth-order valence-corrected chi connectivity index (χ4v) is 2.43. The molecule has 0 atom stereocenters. The van der Waals surface area contributed by atoms with Crippen molar-refractivity contribution in [1.82, 2.24) is 24.7 Å². The maximum atomic E-state index is 5.89. The Balaban J connectivity index is 2.07. The average Bonchev–Trinajstić information content (AvgIpc) is 2.88. The van der Waals surface area contributed by atoms with Gasteiger partial charge in [0.15, 0.2) is 5.16 Å². The number of hydrogen-bond donors (Lipinski definition) is 0. The van der Waals surface area contributed by atoms with Crippen LogP contribution in [0, 0.1) is 0 Å². The highest BCUT2D eigenvalue weighted by atomic mass is 35.5. The van der Waals surface area contributed by atoms with Crippen LogP contribution in [-0.2, 0) is 0 Å². The van der Waals surface area contributed by atoms with E-state index >= 15 is 0 Å². The molecule has 0 aromatic carbocycles. The standard InChI is InChI=1S/C11H14ClN5S/c1-2-3-4-8-18-11-15-9(12)14-10(16-11)17-7-5-6-13-17/h5-7H,2-4,8H2,1H3. The molecule has 0 saturated carbocycles. The van der Waals surface area contributed by atoms with Crippen molar-refractivity contribution in [3.05, 3.63) is 23.7 Å². The zero-order valence-electron chi connectivity index (χ0n) is 10.1. The molecule has 0 unspecified atom stereocenters. The molecule has 0 fully saturated rings. The first-order valence-corrected chi connectivity index (χ1v) is 7.20. The van der Waals surface area contributed by atoms with Gasteiger partial charge in [0.05, 0.1) is 0 Å². The number of unbranched alkanes of at least 4 members (excludes halogenated alkanes) is 2. The van der Waals surface area contributed by atoms with Gasteiger partial charge in [-0.1, -0.05) is 31.5 Å². The Morgan fingerprint density at radius 2 is 2.17 bits per heavy atom. The van der Waals surface area contributed by atoms with Crippen molar-refractivity contribution in [1.29, 1.82) is 0 Å². The minimum Gasteiger partial charge on any atom is -0.206 e. The lowest BCUT2D eigenvalue weighted by Crippen LogP contribution is -2.04. The van der Waals surface area contributed by atoms with Gasteiger partial charge in [-0.15, -0.1) is 0 Å². The quantitative estimate of drug-likeness (QED) is 0.602. The lowest BCUT2D eigenvalue weighted by Gasteiger charge is -2.03. The molecule has 2 heterocycles. The van der Waals surface area contributed by atoms with Gasteiger partial charge < -0.3 is 0 Å². The lowest BCUT2D eigenvalue weighted by molar-refractivity contribution is 0.754. The third-order valence-electron chi connectivity index (χ3n) is 2.26. The Hall–Kier alpha value is -1.14. The zero-order chi connectivity index (χ0) is 12.8. The Morgan fingerprint density at radius 1 is 1.28 bits per heavy atom. The molecule has 0 aliphatic carbocycles. The molecule has 0 N–H and O–H groups in total. The van der Waals surface area contributed by atoms with Crippen LogP contribution >= 0.6 is 23.4 Å². The summed E-state index contributed by atoms with van der Waals surface area (Å²) in [4.78, 5) is 12.5. The van der Waals surface area contributed by atoms with Gasteiger partial charge in [0.2, 0.25) is 5.28 Å². The number of aromatic nitrogens is 5. The second-order valence-corrected chi connectivity index (χ2v) is 5.09. The first kappa shape index (κ1) is 13.3. The van der Waals surface area contributed by atoms with Gasteiger partial charge in [0, 0.05) is 18.1 Å². The maximum absolute atomic E-state index is 5.89. The van der Waals surface area contributed by atoms with Crippen LogP contribution in [0.25, 0.3) is 5.95 Å². The number of halogens is 1. The average molecular weight is 284 g/mol. The Bertz CT molecular complexity index is 488. The molecule has 0 aliphatic rings. The summed E-state index contributed by atoms with van der Waals surface area (Å²) in [5.41, 5.74) is 0. The van der Waals surface area contributed by atoms with Gasteiger partial charge in [-0.05, 0) is 24.1 Å². The maximum Gasteiger partial charge on any atom is 0.255 e. The van der Waals surface area contributed by atoms with Crippen LogP contribution in [0.2, 0.25) is 5.28 Å². The van der Waals surface area contributed by atoms with E-state index < -0.39 is 0 Å². The van der Waals surface area contributed by atoms with E-state index in [0.717, 1.165) is 12.2 Å². The summed E-state index contributed by atoms with van der Waals surface area (Å²) in [6.45, 7) is 2.18. The van der Waals surface area contributed by atoms with E-state index in [1.54, 1.807) is 28.8 Å². The van der Waals surface area contributed by atoms with E-state index in [1.807, 2.05) is 6.07 Å². The highest BCUT2D eigenvalue weighted by Crippen LogP contribution is 2.17. The van der Waals surface area contributed by atoms with Gasteiger partial charge in [0.25, 0.3) is 5.95 Å². The molecule has 0 aliphatic heterocycles. The van der Waals surface area contributed by atoms with Crippen LogP contribution in [0.3, 0.4) is 0 Å². The number of rotatable bonds is 6. The van der Waals surface area contributed by atoms with E-state index in [9.17, 15) is 0 Å². The first-order chi connectivity index (χ1) is 8.79. The van der Waals surface area contributed by atoms with Crippen LogP contribution < -0.4 is 0 Å². The number of hydrogen-bond acceptors (Lipinski definition) is 5. The minimum absolute atomic E-state index is 0.202. The first-order valence-electron chi connectivity index (χ1n) is 5.84. The third kappa shape index (κ3) is 3.68. The van der Waals surface area contributed by atoms with E-state index in [4.69, 9.17) is 11.6 Å². The molecule has 2 aromatic rings. The Labute approximate surface area is 115 Å². The molecule has 96 valence electrons. The van der Waals surface area contributed by atoms with Gasteiger partial charge in [-0.2, -0.15) is 20.1 Å². The van der Waals surface area contributed by atoms with Crippen LogP contribution in [0.5, 0.6) is 0 Å². The molecule has 18 heavy (non-hydrogen) atoms. The third-order valence-corrected chi connectivity index (χ3v) is 3.37. The molecule has 0 saturated heterocycles. The molecule has 2 aromatic heterocycles. The molecule has 5 nitrogen and oxygen atoms in total. The van der Waals surface area contributed by atoms with Crippen LogP contribution in [0.1, 0.15) is 26.2 Å². The van der Waals surface area contributed by atoms with E-state index in [1.165, 1.54) is 12.8 Å². The summed E-state index contributed by atoms with van der Waals surface area (Å²) < 4.78 is 1.57. The molecule has 0 amide bonds. The van der Waals surface area contributed by atoms with E-state index in [-0.39, 0.29) is 5.28 Å². The fraction of sp³-hybridized carbons (Fsp3) is 0.455. The largest absolute Gasteiger partial charge is 0.255 e.